The van der Waals surface area contributed by atoms with Gasteiger partial charge in [-0.3, -0.25) is 4.90 Å². The molecule has 1 aromatic carbocycles. The average Bonchev–Trinajstić information content (AvgIpc) is 2.54. The first-order chi connectivity index (χ1) is 6.76. The van der Waals surface area contributed by atoms with Gasteiger partial charge in [-0.2, -0.15) is 0 Å². The summed E-state index contributed by atoms with van der Waals surface area (Å²) in [6.07, 6.45) is 0. The van der Waals surface area contributed by atoms with Crippen LogP contribution >= 0.6 is 0 Å². The molecule has 76 valence electrons. The van der Waals surface area contributed by atoms with E-state index in [1.807, 2.05) is 6.07 Å². The van der Waals surface area contributed by atoms with Gasteiger partial charge in [0, 0.05) is 19.1 Å². The molecule has 1 aliphatic rings. The number of hydrogen-bond donors (Lipinski definition) is 1. The highest BCUT2D eigenvalue weighted by molar-refractivity contribution is 5.34. The molecule has 1 atom stereocenters. The number of halogens is 1. The number of benzene rings is 1. The smallest absolute Gasteiger partial charge is 0.123 e. The number of hydrogen-bond acceptors (Lipinski definition) is 2. The predicted molar refractivity (Wildman–Crippen MR) is 54.3 cm³/mol. The third kappa shape index (κ3) is 1.42. The summed E-state index contributed by atoms with van der Waals surface area (Å²) in [4.78, 5) is 2.27. The van der Waals surface area contributed by atoms with Crippen LogP contribution in [0.15, 0.2) is 18.2 Å². The van der Waals surface area contributed by atoms with E-state index in [1.54, 1.807) is 6.07 Å². The van der Waals surface area contributed by atoms with E-state index in [1.165, 1.54) is 11.6 Å². The minimum atomic E-state index is -0.167. The molecule has 1 heterocycles. The van der Waals surface area contributed by atoms with Crippen molar-refractivity contribution in [2.24, 2.45) is 5.73 Å². The van der Waals surface area contributed by atoms with Crippen molar-refractivity contribution in [3.05, 3.63) is 35.1 Å². The highest BCUT2D eigenvalue weighted by Gasteiger charge is 2.27. The van der Waals surface area contributed by atoms with Gasteiger partial charge in [-0.25, -0.2) is 4.39 Å². The highest BCUT2D eigenvalue weighted by Crippen LogP contribution is 2.32. The lowest BCUT2D eigenvalue weighted by Gasteiger charge is -2.21. The second-order valence-electron chi connectivity index (χ2n) is 3.66. The molecule has 3 heteroatoms. The summed E-state index contributed by atoms with van der Waals surface area (Å²) in [5.74, 6) is -0.167. The molecule has 1 unspecified atom stereocenters. The van der Waals surface area contributed by atoms with Crippen LogP contribution in [0, 0.1) is 5.82 Å². The van der Waals surface area contributed by atoms with Crippen molar-refractivity contribution in [3.8, 4) is 0 Å². The maximum Gasteiger partial charge on any atom is 0.123 e. The molecule has 0 aromatic heterocycles. The number of fused-ring (bicyclic) bond motifs is 1. The summed E-state index contributed by atoms with van der Waals surface area (Å²) in [6.45, 7) is 4.52. The Balaban J connectivity index is 2.38. The van der Waals surface area contributed by atoms with E-state index in [0.717, 1.165) is 18.7 Å². The first-order valence-corrected chi connectivity index (χ1v) is 4.98. The van der Waals surface area contributed by atoms with Gasteiger partial charge in [-0.05, 0) is 29.8 Å². The molecule has 0 saturated heterocycles. The molecular weight excluding hydrogens is 179 g/mol. The van der Waals surface area contributed by atoms with Gasteiger partial charge in [0.05, 0.1) is 0 Å². The van der Waals surface area contributed by atoms with Crippen LogP contribution in [-0.2, 0) is 6.54 Å². The van der Waals surface area contributed by atoms with E-state index in [9.17, 15) is 4.39 Å². The number of nitrogens with two attached hydrogens (primary N) is 1. The summed E-state index contributed by atoms with van der Waals surface area (Å²) in [5, 5.41) is 0. The monoisotopic (exact) mass is 194 g/mol. The molecule has 2 nitrogen and oxygen atoms in total. The Morgan fingerprint density at radius 3 is 3.00 bits per heavy atom. The zero-order valence-corrected chi connectivity index (χ0v) is 8.33. The van der Waals surface area contributed by atoms with Crippen molar-refractivity contribution < 1.29 is 4.39 Å². The molecule has 0 bridgehead atoms. The van der Waals surface area contributed by atoms with Crippen molar-refractivity contribution in [2.75, 3.05) is 13.1 Å². The standard InChI is InChI=1S/C11H15FN2/c1-2-14-7-8-3-4-9(12)5-10(8)11(14)6-13/h3-5,11H,2,6-7,13H2,1H3. The zero-order chi connectivity index (χ0) is 10.1. The van der Waals surface area contributed by atoms with Gasteiger partial charge in [-0.1, -0.05) is 13.0 Å². The largest absolute Gasteiger partial charge is 0.329 e. The molecule has 0 aliphatic carbocycles. The van der Waals surface area contributed by atoms with E-state index in [-0.39, 0.29) is 11.9 Å². The number of likely N-dealkylation sites (N-methyl/N-ethyl adjacent to an activating group) is 1. The Hall–Kier alpha value is -0.930. The number of nitrogens with zero attached hydrogens (tertiary/aromatic N) is 1. The van der Waals surface area contributed by atoms with Gasteiger partial charge in [0.2, 0.25) is 0 Å². The van der Waals surface area contributed by atoms with Gasteiger partial charge in [-0.15, -0.1) is 0 Å². The summed E-state index contributed by atoms with van der Waals surface area (Å²) in [6, 6.07) is 5.20. The lowest BCUT2D eigenvalue weighted by molar-refractivity contribution is 0.232. The van der Waals surface area contributed by atoms with Crippen LogP contribution in [-0.4, -0.2) is 18.0 Å². The van der Waals surface area contributed by atoms with E-state index in [2.05, 4.69) is 11.8 Å². The molecule has 0 amide bonds. The molecule has 0 radical (unpaired) electrons. The van der Waals surface area contributed by atoms with Gasteiger partial charge in [0.25, 0.3) is 0 Å². The summed E-state index contributed by atoms with van der Waals surface area (Å²) >= 11 is 0. The Bertz CT molecular complexity index is 338. The lowest BCUT2D eigenvalue weighted by Crippen LogP contribution is -2.27. The molecule has 0 fully saturated rings. The van der Waals surface area contributed by atoms with E-state index < -0.39 is 0 Å². The molecule has 14 heavy (non-hydrogen) atoms. The van der Waals surface area contributed by atoms with Crippen LogP contribution in [0.4, 0.5) is 4.39 Å². The molecule has 1 aromatic rings. The second-order valence-corrected chi connectivity index (χ2v) is 3.66. The fraction of sp³-hybridized carbons (Fsp3) is 0.455. The minimum absolute atomic E-state index is 0.167. The summed E-state index contributed by atoms with van der Waals surface area (Å²) in [5.41, 5.74) is 7.98. The van der Waals surface area contributed by atoms with Crippen LogP contribution in [0.3, 0.4) is 0 Å². The summed E-state index contributed by atoms with van der Waals surface area (Å²) in [7, 11) is 0. The molecule has 0 saturated carbocycles. The molecule has 2 N–H and O–H groups in total. The average molecular weight is 194 g/mol. The van der Waals surface area contributed by atoms with Gasteiger partial charge in [0.15, 0.2) is 0 Å². The van der Waals surface area contributed by atoms with Crippen molar-refractivity contribution >= 4 is 0 Å². The first-order valence-electron chi connectivity index (χ1n) is 4.98. The van der Waals surface area contributed by atoms with Gasteiger partial charge < -0.3 is 5.73 Å². The summed E-state index contributed by atoms with van der Waals surface area (Å²) < 4.78 is 13.0. The van der Waals surface area contributed by atoms with Crippen LogP contribution in [0.2, 0.25) is 0 Å². The van der Waals surface area contributed by atoms with Crippen LogP contribution in [0.1, 0.15) is 24.1 Å². The van der Waals surface area contributed by atoms with Gasteiger partial charge in [0.1, 0.15) is 5.82 Å². The molecule has 1 aliphatic heterocycles. The normalized spacial score (nSPS) is 21.2. The third-order valence-electron chi connectivity index (χ3n) is 2.91. The quantitative estimate of drug-likeness (QED) is 0.775. The van der Waals surface area contributed by atoms with Crippen molar-refractivity contribution in [2.45, 2.75) is 19.5 Å². The van der Waals surface area contributed by atoms with Crippen molar-refractivity contribution in [1.82, 2.24) is 4.90 Å². The zero-order valence-electron chi connectivity index (χ0n) is 8.33. The third-order valence-corrected chi connectivity index (χ3v) is 2.91. The van der Waals surface area contributed by atoms with Crippen LogP contribution in [0.25, 0.3) is 0 Å². The van der Waals surface area contributed by atoms with E-state index in [0.29, 0.717) is 6.54 Å². The fourth-order valence-electron chi connectivity index (χ4n) is 2.15. The van der Waals surface area contributed by atoms with Crippen LogP contribution in [0.5, 0.6) is 0 Å². The van der Waals surface area contributed by atoms with Crippen LogP contribution < -0.4 is 5.73 Å². The second kappa shape index (κ2) is 3.67. The Morgan fingerprint density at radius 2 is 2.36 bits per heavy atom. The Labute approximate surface area is 83.5 Å². The topological polar surface area (TPSA) is 29.3 Å². The molecule has 2 rings (SSSR count). The SMILES string of the molecule is CCN1Cc2ccc(F)cc2C1CN. The maximum atomic E-state index is 13.0. The van der Waals surface area contributed by atoms with Crippen molar-refractivity contribution in [3.63, 3.8) is 0 Å². The first kappa shape index (κ1) is 9.62. The van der Waals surface area contributed by atoms with E-state index >= 15 is 0 Å². The Morgan fingerprint density at radius 1 is 1.57 bits per heavy atom. The highest BCUT2D eigenvalue weighted by atomic mass is 19.1. The predicted octanol–water partition coefficient (Wildman–Crippen LogP) is 1.66. The van der Waals surface area contributed by atoms with Gasteiger partial charge >= 0.3 is 0 Å². The molecule has 0 spiro atoms. The number of rotatable bonds is 2. The maximum absolute atomic E-state index is 13.0. The minimum Gasteiger partial charge on any atom is -0.329 e. The molecular formula is C11H15FN2. The lowest BCUT2D eigenvalue weighted by atomic mass is 10.0. The van der Waals surface area contributed by atoms with Crippen molar-refractivity contribution in [1.29, 1.82) is 0 Å². The fourth-order valence-corrected chi connectivity index (χ4v) is 2.15. The van der Waals surface area contributed by atoms with E-state index in [4.69, 9.17) is 5.73 Å². The Kier molecular flexibility index (Phi) is 2.52.